The summed E-state index contributed by atoms with van der Waals surface area (Å²) in [7, 11) is 1.85. The number of carbonyl (C=O) groups excluding carboxylic acids is 1. The summed E-state index contributed by atoms with van der Waals surface area (Å²) in [4.78, 5) is 31.0. The number of aryl methyl sites for hydroxylation is 1. The van der Waals surface area contributed by atoms with E-state index in [1.165, 1.54) is 42.7 Å². The number of ether oxygens (including phenoxy) is 2. The lowest BCUT2D eigenvalue weighted by molar-refractivity contribution is -0.110. The third-order valence-electron chi connectivity index (χ3n) is 6.69. The molecule has 1 aliphatic rings. The van der Waals surface area contributed by atoms with Gasteiger partial charge in [-0.1, -0.05) is 28.6 Å². The number of thiazole rings is 1. The number of likely N-dealkylation sites (tertiary alicyclic amines) is 1. The third-order valence-corrected chi connectivity index (χ3v) is 9.38. The molecule has 0 aliphatic carbocycles. The first kappa shape index (κ1) is 30.5. The number of sulfone groups is 1. The number of benzene rings is 1. The summed E-state index contributed by atoms with van der Waals surface area (Å²) < 4.78 is 38.0. The highest BCUT2D eigenvalue weighted by molar-refractivity contribution is 7.91. The van der Waals surface area contributed by atoms with Gasteiger partial charge in [-0.3, -0.25) is 14.8 Å². The molecular weight excluding hydrogens is 594 g/mol. The number of hydrogen-bond acceptors (Lipinski definition) is 12. The summed E-state index contributed by atoms with van der Waals surface area (Å²) in [5.74, 6) is -0.122. The summed E-state index contributed by atoms with van der Waals surface area (Å²) in [5.41, 5.74) is 1.55. The van der Waals surface area contributed by atoms with Gasteiger partial charge in [0.15, 0.2) is 27.3 Å². The number of amides is 1. The molecule has 1 atom stereocenters. The monoisotopic (exact) mass is 627 g/mol. The minimum absolute atomic E-state index is 0.0359. The minimum atomic E-state index is -3.51. The first-order chi connectivity index (χ1) is 20.7. The summed E-state index contributed by atoms with van der Waals surface area (Å²) in [6.07, 6.45) is 3.16. The van der Waals surface area contributed by atoms with Crippen molar-refractivity contribution in [2.75, 3.05) is 44.9 Å². The SMILES string of the molecule is COCCCS(=O)(=O)c1ccc(C(=NOCc2ccn(C)n2)C(=O)Nc2nc3ccc(O[C@@H]4CCN(C)C4)nc3s2)cc1. The van der Waals surface area contributed by atoms with Crippen molar-refractivity contribution in [3.8, 4) is 5.88 Å². The van der Waals surface area contributed by atoms with Gasteiger partial charge >= 0.3 is 0 Å². The predicted molar refractivity (Wildman–Crippen MR) is 162 cm³/mol. The molecule has 43 heavy (non-hydrogen) atoms. The highest BCUT2D eigenvalue weighted by Crippen LogP contribution is 2.27. The van der Waals surface area contributed by atoms with E-state index < -0.39 is 15.7 Å². The van der Waals surface area contributed by atoms with Crippen LogP contribution < -0.4 is 10.1 Å². The maximum absolute atomic E-state index is 13.5. The van der Waals surface area contributed by atoms with Crippen LogP contribution in [0.5, 0.6) is 5.88 Å². The largest absolute Gasteiger partial charge is 0.473 e. The van der Waals surface area contributed by atoms with E-state index in [0.29, 0.717) is 45.6 Å². The third kappa shape index (κ3) is 7.93. The van der Waals surface area contributed by atoms with Gasteiger partial charge in [-0.05, 0) is 44.2 Å². The van der Waals surface area contributed by atoms with E-state index in [2.05, 4.69) is 37.5 Å². The Morgan fingerprint density at radius 2 is 1.95 bits per heavy atom. The minimum Gasteiger partial charge on any atom is -0.473 e. The zero-order valence-corrected chi connectivity index (χ0v) is 25.7. The molecule has 5 rings (SSSR count). The maximum Gasteiger partial charge on any atom is 0.280 e. The molecule has 15 heteroatoms. The number of methoxy groups -OCH3 is 1. The van der Waals surface area contributed by atoms with Gasteiger partial charge in [0.2, 0.25) is 5.88 Å². The Balaban J connectivity index is 1.34. The molecule has 0 saturated carbocycles. The molecule has 1 aliphatic heterocycles. The number of nitrogens with one attached hydrogen (secondary N) is 1. The molecule has 0 unspecified atom stereocenters. The van der Waals surface area contributed by atoms with E-state index in [1.807, 2.05) is 0 Å². The number of nitrogens with zero attached hydrogens (tertiary/aromatic N) is 6. The Morgan fingerprint density at radius 1 is 1.14 bits per heavy atom. The van der Waals surface area contributed by atoms with Gasteiger partial charge in [-0.15, -0.1) is 0 Å². The number of likely N-dealkylation sites (N-methyl/N-ethyl adjacent to an activating group) is 1. The van der Waals surface area contributed by atoms with Crippen LogP contribution in [-0.2, 0) is 37.9 Å². The average Bonchev–Trinajstić information content (AvgIpc) is 3.70. The standard InChI is InChI=1S/C28H33N7O6S2/c1-34-13-12-21(17-34)41-24-10-9-23-27(30-24)42-28(29-23)31-26(36)25(33-40-18-20-11-14-35(2)32-20)19-5-7-22(8-6-19)43(37,38)16-4-15-39-3/h5-11,14,21H,4,12-13,15-18H2,1-3H3,(H,29,31,36)/t21-/m1/s1. The van der Waals surface area contributed by atoms with Gasteiger partial charge in [0.25, 0.3) is 5.91 Å². The maximum atomic E-state index is 13.5. The number of fused-ring (bicyclic) bond motifs is 1. The zero-order chi connectivity index (χ0) is 30.4. The lowest BCUT2D eigenvalue weighted by Crippen LogP contribution is -2.24. The second-order valence-corrected chi connectivity index (χ2v) is 13.2. The van der Waals surface area contributed by atoms with Crippen molar-refractivity contribution < 1.29 is 27.5 Å². The quantitative estimate of drug-likeness (QED) is 0.133. The van der Waals surface area contributed by atoms with Crippen molar-refractivity contribution in [3.05, 3.63) is 59.9 Å². The number of oxime groups is 1. The predicted octanol–water partition coefficient (Wildman–Crippen LogP) is 2.88. The molecule has 0 spiro atoms. The van der Waals surface area contributed by atoms with Crippen LogP contribution in [0.4, 0.5) is 5.13 Å². The Kier molecular flexibility index (Phi) is 9.65. The molecule has 228 valence electrons. The van der Waals surface area contributed by atoms with Crippen molar-refractivity contribution in [2.24, 2.45) is 12.2 Å². The van der Waals surface area contributed by atoms with E-state index in [-0.39, 0.29) is 29.1 Å². The number of anilines is 1. The molecule has 0 bridgehead atoms. The normalized spacial score (nSPS) is 16.1. The van der Waals surface area contributed by atoms with Crippen LogP contribution in [0.25, 0.3) is 10.3 Å². The Morgan fingerprint density at radius 3 is 2.65 bits per heavy atom. The van der Waals surface area contributed by atoms with Crippen LogP contribution >= 0.6 is 11.3 Å². The molecule has 1 fully saturated rings. The Hall–Kier alpha value is -3.92. The number of hydrogen-bond donors (Lipinski definition) is 1. The second kappa shape index (κ2) is 13.6. The lowest BCUT2D eigenvalue weighted by Gasteiger charge is -2.12. The van der Waals surface area contributed by atoms with Gasteiger partial charge in [0.05, 0.1) is 10.6 Å². The molecule has 4 heterocycles. The molecule has 1 aromatic carbocycles. The highest BCUT2D eigenvalue weighted by Gasteiger charge is 2.23. The number of pyridine rings is 1. The van der Waals surface area contributed by atoms with Crippen LogP contribution in [0.3, 0.4) is 0 Å². The first-order valence-corrected chi connectivity index (χ1v) is 16.1. The molecule has 3 aromatic heterocycles. The van der Waals surface area contributed by atoms with E-state index in [4.69, 9.17) is 14.3 Å². The molecule has 1 saturated heterocycles. The molecule has 1 N–H and O–H groups in total. The van der Waals surface area contributed by atoms with Crippen molar-refractivity contribution in [1.82, 2.24) is 24.6 Å². The van der Waals surface area contributed by atoms with Crippen LogP contribution in [0.15, 0.2) is 58.7 Å². The van der Waals surface area contributed by atoms with Crippen molar-refractivity contribution in [2.45, 2.75) is 30.4 Å². The van der Waals surface area contributed by atoms with Gasteiger partial charge in [-0.2, -0.15) is 5.10 Å². The first-order valence-electron chi connectivity index (χ1n) is 13.6. The fraction of sp³-hybridized carbons (Fsp3) is 0.393. The van der Waals surface area contributed by atoms with Gasteiger partial charge in [0, 0.05) is 51.7 Å². The van der Waals surface area contributed by atoms with Crippen LogP contribution in [0, 0.1) is 0 Å². The highest BCUT2D eigenvalue weighted by atomic mass is 32.2. The molecule has 0 radical (unpaired) electrons. The fourth-order valence-electron chi connectivity index (χ4n) is 4.50. The lowest BCUT2D eigenvalue weighted by atomic mass is 10.1. The van der Waals surface area contributed by atoms with Gasteiger partial charge in [-0.25, -0.2) is 18.4 Å². The van der Waals surface area contributed by atoms with E-state index in [1.54, 1.807) is 36.1 Å². The molecular formula is C28H33N7O6S2. The molecule has 1 amide bonds. The topological polar surface area (TPSA) is 150 Å². The van der Waals surface area contributed by atoms with E-state index in [9.17, 15) is 13.2 Å². The van der Waals surface area contributed by atoms with E-state index >= 15 is 0 Å². The summed E-state index contributed by atoms with van der Waals surface area (Å²) in [5, 5.41) is 11.5. The number of aromatic nitrogens is 4. The van der Waals surface area contributed by atoms with Crippen LogP contribution in [-0.4, -0.2) is 90.4 Å². The van der Waals surface area contributed by atoms with Gasteiger partial charge < -0.3 is 19.2 Å². The molecule has 13 nitrogen and oxygen atoms in total. The second-order valence-electron chi connectivity index (χ2n) is 10.1. The Bertz CT molecular complexity index is 1700. The fourth-order valence-corrected chi connectivity index (χ4v) is 6.61. The van der Waals surface area contributed by atoms with Crippen molar-refractivity contribution in [3.63, 3.8) is 0 Å². The summed E-state index contributed by atoms with van der Waals surface area (Å²) in [6.45, 7) is 2.20. The summed E-state index contributed by atoms with van der Waals surface area (Å²) >= 11 is 1.21. The van der Waals surface area contributed by atoms with E-state index in [0.717, 1.165) is 19.5 Å². The summed E-state index contributed by atoms with van der Waals surface area (Å²) in [6, 6.07) is 11.3. The van der Waals surface area contributed by atoms with Crippen LogP contribution in [0.1, 0.15) is 24.1 Å². The zero-order valence-electron chi connectivity index (χ0n) is 24.1. The van der Waals surface area contributed by atoms with Crippen molar-refractivity contribution in [1.29, 1.82) is 0 Å². The van der Waals surface area contributed by atoms with Crippen LogP contribution in [0.2, 0.25) is 0 Å². The van der Waals surface area contributed by atoms with Gasteiger partial charge in [0.1, 0.15) is 22.1 Å². The Labute approximate surface area is 253 Å². The number of rotatable bonds is 13. The average molecular weight is 628 g/mol. The molecule has 4 aromatic rings. The number of carbonyl (C=O) groups is 1. The smallest absolute Gasteiger partial charge is 0.280 e. The van der Waals surface area contributed by atoms with Crippen molar-refractivity contribution >= 4 is 48.3 Å².